The lowest BCUT2D eigenvalue weighted by molar-refractivity contribution is -0.299. The summed E-state index contributed by atoms with van der Waals surface area (Å²) in [6.45, 7) is -0.753. The molecule has 1 saturated heterocycles. The Morgan fingerprint density at radius 2 is 1.71 bits per heavy atom. The van der Waals surface area contributed by atoms with Gasteiger partial charge in [0, 0.05) is 5.39 Å². The first-order valence-corrected chi connectivity index (χ1v) is 10.4. The summed E-state index contributed by atoms with van der Waals surface area (Å²) in [4.78, 5) is 18.0. The maximum absolute atomic E-state index is 14.0. The third-order valence-electron chi connectivity index (χ3n) is 5.74. The Morgan fingerprint density at radius 3 is 2.31 bits per heavy atom. The van der Waals surface area contributed by atoms with Gasteiger partial charge in [-0.2, -0.15) is 17.9 Å². The standard InChI is InChI=1S/C23H22F3NO8/c1-33-21(32)16-9-13-14(23(24,25)26)7-12(11-5-3-2-4-6-11)8-15(13)27(16)35-22-20(31)19(30)18(29)17(10-28)34-22/h2-9,17-20,22,28-31H,10H2,1H3. The number of carbonyl (C=O) groups is 1. The Morgan fingerprint density at radius 1 is 1.03 bits per heavy atom. The summed E-state index contributed by atoms with van der Waals surface area (Å²) in [7, 11) is 1.03. The number of esters is 1. The monoisotopic (exact) mass is 497 g/mol. The van der Waals surface area contributed by atoms with Gasteiger partial charge in [-0.05, 0) is 29.3 Å². The van der Waals surface area contributed by atoms with Gasteiger partial charge in [-0.1, -0.05) is 30.3 Å². The molecule has 0 bridgehead atoms. The minimum atomic E-state index is -4.80. The van der Waals surface area contributed by atoms with Crippen molar-refractivity contribution in [1.29, 1.82) is 0 Å². The normalized spacial score (nSPS) is 25.0. The van der Waals surface area contributed by atoms with E-state index >= 15 is 0 Å². The number of methoxy groups -OCH3 is 1. The number of aliphatic hydroxyl groups excluding tert-OH is 4. The zero-order valence-corrected chi connectivity index (χ0v) is 18.2. The summed E-state index contributed by atoms with van der Waals surface area (Å²) >= 11 is 0. The Bertz CT molecular complexity index is 1210. The highest BCUT2D eigenvalue weighted by Gasteiger charge is 2.46. The van der Waals surface area contributed by atoms with Gasteiger partial charge in [0.1, 0.15) is 24.4 Å². The molecule has 9 nitrogen and oxygen atoms in total. The average molecular weight is 497 g/mol. The molecule has 0 radical (unpaired) electrons. The van der Waals surface area contributed by atoms with Crippen LogP contribution in [0.15, 0.2) is 48.5 Å². The summed E-state index contributed by atoms with van der Waals surface area (Å²) < 4.78 is 52.8. The number of hydrogen-bond donors (Lipinski definition) is 4. The van der Waals surface area contributed by atoms with E-state index < -0.39 is 60.7 Å². The van der Waals surface area contributed by atoms with Crippen molar-refractivity contribution in [3.63, 3.8) is 0 Å². The molecule has 0 aliphatic carbocycles. The first-order valence-electron chi connectivity index (χ1n) is 10.4. The minimum Gasteiger partial charge on any atom is -0.464 e. The van der Waals surface area contributed by atoms with Crippen LogP contribution in [0, 0.1) is 0 Å². The predicted molar refractivity (Wildman–Crippen MR) is 114 cm³/mol. The maximum Gasteiger partial charge on any atom is 0.417 e. The summed E-state index contributed by atoms with van der Waals surface area (Å²) in [5.74, 6) is -1.04. The molecule has 4 N–H and O–H groups in total. The smallest absolute Gasteiger partial charge is 0.417 e. The van der Waals surface area contributed by atoms with Gasteiger partial charge in [-0.15, -0.1) is 0 Å². The van der Waals surface area contributed by atoms with Gasteiger partial charge in [-0.25, -0.2) is 4.79 Å². The van der Waals surface area contributed by atoms with Crippen molar-refractivity contribution in [3.05, 3.63) is 59.8 Å². The number of aliphatic hydroxyl groups is 4. The molecule has 4 rings (SSSR count). The van der Waals surface area contributed by atoms with E-state index in [9.17, 15) is 38.4 Å². The number of carbonyl (C=O) groups excluding carboxylic acids is 1. The highest BCUT2D eigenvalue weighted by Crippen LogP contribution is 2.39. The second kappa shape index (κ2) is 9.47. The molecule has 3 aromatic rings. The minimum absolute atomic E-state index is 0.165. The van der Waals surface area contributed by atoms with Crippen LogP contribution in [0.2, 0.25) is 0 Å². The van der Waals surface area contributed by atoms with Crippen LogP contribution in [0.1, 0.15) is 16.1 Å². The first kappa shape index (κ1) is 24.9. The average Bonchev–Trinajstić information content (AvgIpc) is 3.21. The number of nitrogens with zero attached hydrogens (tertiary/aromatic N) is 1. The third kappa shape index (κ3) is 4.58. The van der Waals surface area contributed by atoms with Crippen molar-refractivity contribution in [3.8, 4) is 11.1 Å². The zero-order chi connectivity index (χ0) is 25.5. The van der Waals surface area contributed by atoms with E-state index in [1.165, 1.54) is 6.07 Å². The SMILES string of the molecule is COC(=O)c1cc2c(C(F)(F)F)cc(-c3ccccc3)cc2n1OC1OC(CO)C(O)C(O)C1O. The van der Waals surface area contributed by atoms with Crippen molar-refractivity contribution in [2.45, 2.75) is 36.9 Å². The molecule has 0 amide bonds. The van der Waals surface area contributed by atoms with E-state index in [0.717, 1.165) is 24.0 Å². The second-order valence-electron chi connectivity index (χ2n) is 7.94. The van der Waals surface area contributed by atoms with Gasteiger partial charge in [0.25, 0.3) is 6.29 Å². The van der Waals surface area contributed by atoms with Crippen LogP contribution in [0.4, 0.5) is 13.2 Å². The van der Waals surface area contributed by atoms with Crippen LogP contribution in [0.3, 0.4) is 0 Å². The van der Waals surface area contributed by atoms with Crippen molar-refractivity contribution in [2.75, 3.05) is 13.7 Å². The van der Waals surface area contributed by atoms with E-state index in [2.05, 4.69) is 4.74 Å². The lowest BCUT2D eigenvalue weighted by Crippen LogP contribution is -2.61. The van der Waals surface area contributed by atoms with E-state index in [1.807, 2.05) is 0 Å². The van der Waals surface area contributed by atoms with Gasteiger partial charge < -0.3 is 34.7 Å². The summed E-state index contributed by atoms with van der Waals surface area (Å²) in [6.07, 6.45) is -13.3. The molecular weight excluding hydrogens is 475 g/mol. The number of rotatable bonds is 5. The van der Waals surface area contributed by atoms with Crippen molar-refractivity contribution >= 4 is 16.9 Å². The number of aromatic nitrogens is 1. The lowest BCUT2D eigenvalue weighted by atomic mass is 9.99. The number of benzene rings is 2. The molecule has 1 aromatic heterocycles. The number of halogens is 3. The summed E-state index contributed by atoms with van der Waals surface area (Å²) in [5, 5.41) is 39.4. The van der Waals surface area contributed by atoms with E-state index in [-0.39, 0.29) is 16.5 Å². The van der Waals surface area contributed by atoms with Gasteiger partial charge in [0.05, 0.1) is 24.8 Å². The fraction of sp³-hybridized carbons (Fsp3) is 0.348. The lowest BCUT2D eigenvalue weighted by Gasteiger charge is -2.39. The second-order valence-corrected chi connectivity index (χ2v) is 7.94. The van der Waals surface area contributed by atoms with Crippen molar-refractivity contribution in [1.82, 2.24) is 4.73 Å². The fourth-order valence-corrected chi connectivity index (χ4v) is 3.93. The summed E-state index contributed by atoms with van der Waals surface area (Å²) in [5.41, 5.74) is -1.07. The Labute approximate surface area is 196 Å². The third-order valence-corrected chi connectivity index (χ3v) is 5.74. The molecule has 2 aromatic carbocycles. The molecule has 1 aliphatic heterocycles. The van der Waals surface area contributed by atoms with Gasteiger partial charge in [0.15, 0.2) is 5.69 Å². The van der Waals surface area contributed by atoms with Crippen LogP contribution < -0.4 is 4.84 Å². The highest BCUT2D eigenvalue weighted by molar-refractivity contribution is 5.98. The maximum atomic E-state index is 14.0. The van der Waals surface area contributed by atoms with Crippen molar-refractivity contribution < 1.29 is 52.7 Å². The number of alkyl halides is 3. The molecule has 12 heteroatoms. The Kier molecular flexibility index (Phi) is 6.75. The van der Waals surface area contributed by atoms with Gasteiger partial charge in [0.2, 0.25) is 0 Å². The van der Waals surface area contributed by atoms with Crippen LogP contribution in [-0.2, 0) is 15.7 Å². The molecule has 188 valence electrons. The molecular formula is C23H22F3NO8. The number of ether oxygens (including phenoxy) is 2. The topological polar surface area (TPSA) is 131 Å². The molecule has 2 heterocycles. The van der Waals surface area contributed by atoms with Gasteiger partial charge in [-0.3, -0.25) is 0 Å². The highest BCUT2D eigenvalue weighted by atomic mass is 19.4. The fourth-order valence-electron chi connectivity index (χ4n) is 3.93. The van der Waals surface area contributed by atoms with Gasteiger partial charge >= 0.3 is 12.1 Å². The van der Waals surface area contributed by atoms with E-state index in [1.54, 1.807) is 30.3 Å². The quantitative estimate of drug-likeness (QED) is 0.389. The Balaban J connectivity index is 1.92. The number of hydrogen-bond acceptors (Lipinski definition) is 8. The molecule has 0 saturated carbocycles. The van der Waals surface area contributed by atoms with Crippen molar-refractivity contribution in [2.24, 2.45) is 0 Å². The molecule has 1 fully saturated rings. The van der Waals surface area contributed by atoms with Crippen LogP contribution >= 0.6 is 0 Å². The van der Waals surface area contributed by atoms with E-state index in [4.69, 9.17) is 9.57 Å². The molecule has 5 atom stereocenters. The predicted octanol–water partition coefficient (Wildman–Crippen LogP) is 1.34. The molecule has 1 aliphatic rings. The first-order chi connectivity index (χ1) is 16.6. The number of fused-ring (bicyclic) bond motifs is 1. The Hall–Kier alpha value is -3.16. The van der Waals surface area contributed by atoms with Crippen LogP contribution in [0.5, 0.6) is 0 Å². The van der Waals surface area contributed by atoms with Crippen LogP contribution in [-0.4, -0.2) is 75.5 Å². The molecule has 0 spiro atoms. The zero-order valence-electron chi connectivity index (χ0n) is 18.2. The van der Waals surface area contributed by atoms with E-state index in [0.29, 0.717) is 5.56 Å². The molecule has 35 heavy (non-hydrogen) atoms. The largest absolute Gasteiger partial charge is 0.464 e. The summed E-state index contributed by atoms with van der Waals surface area (Å²) in [6, 6.07) is 11.4. The van der Waals surface area contributed by atoms with Crippen LogP contribution in [0.25, 0.3) is 22.0 Å². The molecule has 5 unspecified atom stereocenters.